The number of carbonyl (C=O) groups excluding carboxylic acids is 1. The molecule has 0 saturated carbocycles. The molecule has 3 rings (SSSR count). The predicted molar refractivity (Wildman–Crippen MR) is 93.6 cm³/mol. The van der Waals surface area contributed by atoms with E-state index in [2.05, 4.69) is 15.5 Å². The van der Waals surface area contributed by atoms with Gasteiger partial charge >= 0.3 is 6.03 Å². The van der Waals surface area contributed by atoms with Crippen LogP contribution in [0, 0.1) is 0 Å². The van der Waals surface area contributed by atoms with Crippen molar-refractivity contribution >= 4 is 17.6 Å². The highest BCUT2D eigenvalue weighted by Crippen LogP contribution is 2.30. The second-order valence-corrected chi connectivity index (χ2v) is 6.33. The van der Waals surface area contributed by atoms with E-state index in [1.165, 1.54) is 0 Å². The lowest BCUT2D eigenvalue weighted by Gasteiger charge is -2.30. The topological polar surface area (TPSA) is 80.5 Å². The van der Waals surface area contributed by atoms with Crippen LogP contribution in [0.25, 0.3) is 11.4 Å². The molecule has 0 radical (unpaired) electrons. The van der Waals surface area contributed by atoms with Crippen molar-refractivity contribution in [2.45, 2.75) is 18.8 Å². The maximum Gasteiger partial charge on any atom is 0.317 e. The average molecular weight is 365 g/mol. The Bertz CT molecular complexity index is 713. The smallest absolute Gasteiger partial charge is 0.317 e. The first-order valence-electron chi connectivity index (χ1n) is 8.29. The van der Waals surface area contributed by atoms with Gasteiger partial charge in [-0.25, -0.2) is 4.79 Å². The number of hydrogen-bond acceptors (Lipinski definition) is 5. The molecule has 2 amide bonds. The summed E-state index contributed by atoms with van der Waals surface area (Å²) in [4.78, 5) is 18.3. The van der Waals surface area contributed by atoms with Crippen molar-refractivity contribution in [2.24, 2.45) is 0 Å². The number of nitrogens with zero attached hydrogens (tertiary/aromatic N) is 3. The molecule has 25 heavy (non-hydrogen) atoms. The van der Waals surface area contributed by atoms with E-state index in [9.17, 15) is 4.79 Å². The highest BCUT2D eigenvalue weighted by atomic mass is 35.5. The van der Waals surface area contributed by atoms with Crippen LogP contribution >= 0.6 is 11.6 Å². The summed E-state index contributed by atoms with van der Waals surface area (Å²) >= 11 is 6.18. The molecule has 1 aliphatic rings. The lowest BCUT2D eigenvalue weighted by Crippen LogP contribution is -2.44. The van der Waals surface area contributed by atoms with Crippen molar-refractivity contribution < 1.29 is 14.1 Å². The molecular formula is C17H21ClN4O3. The van der Waals surface area contributed by atoms with Gasteiger partial charge in [-0.3, -0.25) is 0 Å². The summed E-state index contributed by atoms with van der Waals surface area (Å²) in [5, 5.41) is 7.48. The van der Waals surface area contributed by atoms with Crippen molar-refractivity contribution in [3.63, 3.8) is 0 Å². The van der Waals surface area contributed by atoms with Gasteiger partial charge in [0, 0.05) is 38.2 Å². The molecule has 7 nitrogen and oxygen atoms in total. The van der Waals surface area contributed by atoms with Crippen LogP contribution in [0.2, 0.25) is 5.02 Å². The van der Waals surface area contributed by atoms with E-state index in [4.69, 9.17) is 20.9 Å². The normalized spacial score (nSPS) is 15.4. The number of rotatable bonds is 5. The van der Waals surface area contributed by atoms with Crippen molar-refractivity contribution in [3.8, 4) is 11.4 Å². The number of benzene rings is 1. The maximum absolute atomic E-state index is 12.0. The average Bonchev–Trinajstić information content (AvgIpc) is 3.12. The molecule has 1 N–H and O–H groups in total. The van der Waals surface area contributed by atoms with Crippen molar-refractivity contribution in [2.75, 3.05) is 33.4 Å². The molecule has 0 atom stereocenters. The number of halogens is 1. The SMILES string of the molecule is COCCNC(=O)N1CCC(c2nc(-c3ccccc3Cl)no2)CC1. The molecule has 0 spiro atoms. The van der Waals surface area contributed by atoms with Gasteiger partial charge in [-0.1, -0.05) is 28.9 Å². The number of likely N-dealkylation sites (tertiary alicyclic amines) is 1. The standard InChI is InChI=1S/C17H21ClN4O3/c1-24-11-8-19-17(23)22-9-6-12(7-10-22)16-20-15(21-25-16)13-4-2-3-5-14(13)18/h2-5,12H,6-11H2,1H3,(H,19,23). The molecule has 1 aliphatic heterocycles. The fraction of sp³-hybridized carbons (Fsp3) is 0.471. The zero-order valence-corrected chi connectivity index (χ0v) is 14.8. The first-order chi connectivity index (χ1) is 12.2. The minimum absolute atomic E-state index is 0.0576. The number of piperidine rings is 1. The number of nitrogens with one attached hydrogen (secondary N) is 1. The van der Waals surface area contributed by atoms with Crippen LogP contribution in [0.4, 0.5) is 4.79 Å². The predicted octanol–water partition coefficient (Wildman–Crippen LogP) is 2.93. The molecule has 1 saturated heterocycles. The molecule has 2 heterocycles. The minimum atomic E-state index is -0.0576. The highest BCUT2D eigenvalue weighted by molar-refractivity contribution is 6.33. The van der Waals surface area contributed by atoms with Gasteiger partial charge in [0.1, 0.15) is 0 Å². The Morgan fingerprint density at radius 1 is 1.40 bits per heavy atom. The first-order valence-corrected chi connectivity index (χ1v) is 8.67. The molecule has 0 aliphatic carbocycles. The van der Waals surface area contributed by atoms with Crippen LogP contribution in [0.3, 0.4) is 0 Å². The van der Waals surface area contributed by atoms with Crippen LogP contribution in [-0.2, 0) is 4.74 Å². The number of ether oxygens (including phenoxy) is 1. The molecule has 1 fully saturated rings. The van der Waals surface area contributed by atoms with Crippen LogP contribution in [-0.4, -0.2) is 54.4 Å². The van der Waals surface area contributed by atoms with Gasteiger partial charge < -0.3 is 19.5 Å². The van der Waals surface area contributed by atoms with Crippen molar-refractivity contribution in [1.29, 1.82) is 0 Å². The Labute approximate surface area is 151 Å². The first kappa shape index (κ1) is 17.7. The van der Waals surface area contributed by atoms with Gasteiger partial charge in [0.2, 0.25) is 11.7 Å². The largest absolute Gasteiger partial charge is 0.383 e. The van der Waals surface area contributed by atoms with E-state index in [1.54, 1.807) is 18.1 Å². The van der Waals surface area contributed by atoms with Gasteiger partial charge in [0.15, 0.2) is 0 Å². The summed E-state index contributed by atoms with van der Waals surface area (Å²) < 4.78 is 10.4. The molecular weight excluding hydrogens is 344 g/mol. The van der Waals surface area contributed by atoms with E-state index in [0.29, 0.717) is 43.0 Å². The zero-order valence-electron chi connectivity index (χ0n) is 14.1. The Morgan fingerprint density at radius 2 is 2.16 bits per heavy atom. The van der Waals surface area contributed by atoms with Crippen molar-refractivity contribution in [3.05, 3.63) is 35.2 Å². The Balaban J connectivity index is 1.57. The third kappa shape index (κ3) is 4.29. The molecule has 134 valence electrons. The van der Waals surface area contributed by atoms with Crippen LogP contribution in [0.1, 0.15) is 24.7 Å². The van der Waals surface area contributed by atoms with E-state index < -0.39 is 0 Å². The summed E-state index contributed by atoms with van der Waals surface area (Å²) in [6.45, 7) is 2.34. The Morgan fingerprint density at radius 3 is 2.88 bits per heavy atom. The monoisotopic (exact) mass is 364 g/mol. The minimum Gasteiger partial charge on any atom is -0.383 e. The fourth-order valence-corrected chi connectivity index (χ4v) is 3.07. The molecule has 0 unspecified atom stereocenters. The second kappa shape index (κ2) is 8.31. The van der Waals surface area contributed by atoms with E-state index in [0.717, 1.165) is 18.4 Å². The summed E-state index contributed by atoms with van der Waals surface area (Å²) in [6, 6.07) is 7.35. The molecule has 2 aromatic rings. The fourth-order valence-electron chi connectivity index (χ4n) is 2.85. The third-order valence-corrected chi connectivity index (χ3v) is 4.60. The van der Waals surface area contributed by atoms with Crippen LogP contribution < -0.4 is 5.32 Å². The molecule has 8 heteroatoms. The molecule has 1 aromatic carbocycles. The number of urea groups is 1. The third-order valence-electron chi connectivity index (χ3n) is 4.27. The maximum atomic E-state index is 12.0. The van der Waals surface area contributed by atoms with Gasteiger partial charge in [-0.05, 0) is 25.0 Å². The van der Waals surface area contributed by atoms with Crippen molar-refractivity contribution in [1.82, 2.24) is 20.4 Å². The van der Waals surface area contributed by atoms with Gasteiger partial charge in [-0.2, -0.15) is 4.98 Å². The van der Waals surface area contributed by atoms with Gasteiger partial charge in [0.25, 0.3) is 0 Å². The number of aromatic nitrogens is 2. The quantitative estimate of drug-likeness (QED) is 0.825. The summed E-state index contributed by atoms with van der Waals surface area (Å²) in [5.74, 6) is 1.27. The number of carbonyl (C=O) groups is 1. The van der Waals surface area contributed by atoms with Crippen LogP contribution in [0.5, 0.6) is 0 Å². The molecule has 0 bridgehead atoms. The van der Waals surface area contributed by atoms with Crippen LogP contribution in [0.15, 0.2) is 28.8 Å². The summed E-state index contributed by atoms with van der Waals surface area (Å²) in [7, 11) is 1.61. The lowest BCUT2D eigenvalue weighted by atomic mass is 9.97. The highest BCUT2D eigenvalue weighted by Gasteiger charge is 2.27. The summed E-state index contributed by atoms with van der Waals surface area (Å²) in [6.07, 6.45) is 1.59. The van der Waals surface area contributed by atoms with E-state index in [-0.39, 0.29) is 11.9 Å². The van der Waals surface area contributed by atoms with Gasteiger partial charge in [-0.15, -0.1) is 0 Å². The lowest BCUT2D eigenvalue weighted by molar-refractivity contribution is 0.165. The van der Waals surface area contributed by atoms with E-state index in [1.807, 2.05) is 18.2 Å². The number of amides is 2. The number of methoxy groups -OCH3 is 1. The zero-order chi connectivity index (χ0) is 17.6. The van der Waals surface area contributed by atoms with E-state index >= 15 is 0 Å². The number of hydrogen-bond donors (Lipinski definition) is 1. The second-order valence-electron chi connectivity index (χ2n) is 5.92. The molecule has 1 aromatic heterocycles. The van der Waals surface area contributed by atoms with Gasteiger partial charge in [0.05, 0.1) is 11.6 Å². The Kier molecular flexibility index (Phi) is 5.88. The Hall–Kier alpha value is -2.12. The summed E-state index contributed by atoms with van der Waals surface area (Å²) in [5.41, 5.74) is 0.758.